The minimum atomic E-state index is -0.295. The number of carbonyl (C=O) groups excluding carboxylic acids is 1. The van der Waals surface area contributed by atoms with Gasteiger partial charge in [0.25, 0.3) is 5.91 Å². The van der Waals surface area contributed by atoms with Crippen LogP contribution in [0, 0.1) is 6.92 Å². The highest BCUT2D eigenvalue weighted by molar-refractivity contribution is 5.94. The Bertz CT molecular complexity index is 873. The molecule has 130 valence electrons. The quantitative estimate of drug-likeness (QED) is 0.547. The summed E-state index contributed by atoms with van der Waals surface area (Å²) in [5, 5.41) is 3.97. The highest BCUT2D eigenvalue weighted by Crippen LogP contribution is 2.13. The van der Waals surface area contributed by atoms with Crippen LogP contribution >= 0.6 is 0 Å². The number of hydrogen-bond donors (Lipinski definition) is 1. The van der Waals surface area contributed by atoms with E-state index in [1.807, 2.05) is 61.5 Å². The lowest BCUT2D eigenvalue weighted by Gasteiger charge is -2.06. The third-order valence-corrected chi connectivity index (χ3v) is 3.68. The molecule has 1 N–H and O–H groups in total. The molecule has 0 bridgehead atoms. The van der Waals surface area contributed by atoms with E-state index in [1.54, 1.807) is 18.3 Å². The average molecular weight is 345 g/mol. The van der Waals surface area contributed by atoms with E-state index in [1.165, 1.54) is 6.20 Å². The van der Waals surface area contributed by atoms with Gasteiger partial charge in [-0.3, -0.25) is 9.78 Å². The van der Waals surface area contributed by atoms with Crippen LogP contribution in [0.15, 0.2) is 78.0 Å². The molecule has 3 aromatic rings. The average Bonchev–Trinajstić information content (AvgIpc) is 2.68. The maximum Gasteiger partial charge on any atom is 0.272 e. The van der Waals surface area contributed by atoms with Crippen LogP contribution in [-0.2, 0) is 6.61 Å². The van der Waals surface area contributed by atoms with Crippen LogP contribution in [-0.4, -0.2) is 17.1 Å². The Morgan fingerprint density at radius 1 is 1.08 bits per heavy atom. The second-order valence-electron chi connectivity index (χ2n) is 5.73. The Hall–Kier alpha value is -3.47. The lowest BCUT2D eigenvalue weighted by Crippen LogP contribution is -2.17. The van der Waals surface area contributed by atoms with Gasteiger partial charge in [-0.15, -0.1) is 0 Å². The molecule has 0 fully saturated rings. The van der Waals surface area contributed by atoms with Crippen molar-refractivity contribution in [3.63, 3.8) is 0 Å². The van der Waals surface area contributed by atoms with Crippen molar-refractivity contribution in [2.24, 2.45) is 5.10 Å². The van der Waals surface area contributed by atoms with Crippen LogP contribution in [0.4, 0.5) is 0 Å². The molecule has 0 saturated heterocycles. The molecule has 2 aromatic carbocycles. The summed E-state index contributed by atoms with van der Waals surface area (Å²) in [6.45, 7) is 2.39. The van der Waals surface area contributed by atoms with Crippen molar-refractivity contribution < 1.29 is 9.53 Å². The SMILES string of the molecule is Cc1ccc(C(=O)N/N=C/c2ccc(OCc3ccccc3)cc2)cn1. The maximum atomic E-state index is 11.9. The summed E-state index contributed by atoms with van der Waals surface area (Å²) in [5.74, 6) is 0.484. The number of nitrogens with zero attached hydrogens (tertiary/aromatic N) is 2. The Kier molecular flexibility index (Phi) is 5.72. The molecule has 5 nitrogen and oxygen atoms in total. The standard InChI is InChI=1S/C21H19N3O2/c1-16-7-10-19(14-22-16)21(25)24-23-13-17-8-11-20(12-9-17)26-15-18-5-3-2-4-6-18/h2-14H,15H2,1H3,(H,24,25)/b23-13+. The van der Waals surface area contributed by atoms with E-state index in [0.717, 1.165) is 22.6 Å². The van der Waals surface area contributed by atoms with Gasteiger partial charge in [-0.05, 0) is 54.4 Å². The fourth-order valence-electron chi connectivity index (χ4n) is 2.22. The number of aryl methyl sites for hydroxylation is 1. The van der Waals surface area contributed by atoms with Gasteiger partial charge < -0.3 is 4.74 Å². The van der Waals surface area contributed by atoms with Gasteiger partial charge in [-0.25, -0.2) is 5.43 Å². The molecule has 0 radical (unpaired) electrons. The number of nitrogens with one attached hydrogen (secondary N) is 1. The summed E-state index contributed by atoms with van der Waals surface area (Å²) in [6, 6.07) is 21.0. The molecule has 1 amide bonds. The van der Waals surface area contributed by atoms with Crippen molar-refractivity contribution in [1.29, 1.82) is 0 Å². The third kappa shape index (κ3) is 5.01. The zero-order valence-electron chi connectivity index (χ0n) is 14.4. The largest absolute Gasteiger partial charge is 0.489 e. The predicted octanol–water partition coefficient (Wildman–Crippen LogP) is 3.73. The van der Waals surface area contributed by atoms with Crippen molar-refractivity contribution in [3.8, 4) is 5.75 Å². The second-order valence-corrected chi connectivity index (χ2v) is 5.73. The molecule has 0 unspecified atom stereocenters. The molecular formula is C21H19N3O2. The highest BCUT2D eigenvalue weighted by Gasteiger charge is 2.03. The van der Waals surface area contributed by atoms with Gasteiger partial charge in [0.2, 0.25) is 0 Å². The van der Waals surface area contributed by atoms with E-state index in [9.17, 15) is 4.79 Å². The molecule has 5 heteroatoms. The van der Waals surface area contributed by atoms with Gasteiger partial charge in [0.1, 0.15) is 12.4 Å². The molecule has 3 rings (SSSR count). The lowest BCUT2D eigenvalue weighted by molar-refractivity contribution is 0.0955. The first-order valence-corrected chi connectivity index (χ1v) is 8.23. The monoisotopic (exact) mass is 345 g/mol. The fourth-order valence-corrected chi connectivity index (χ4v) is 2.22. The third-order valence-electron chi connectivity index (χ3n) is 3.68. The van der Waals surface area contributed by atoms with Gasteiger partial charge in [0, 0.05) is 11.9 Å². The van der Waals surface area contributed by atoms with E-state index in [0.29, 0.717) is 12.2 Å². The molecule has 0 aliphatic rings. The number of hydrazone groups is 1. The van der Waals surface area contributed by atoms with Crippen LogP contribution in [0.25, 0.3) is 0 Å². The normalized spacial score (nSPS) is 10.7. The molecule has 0 atom stereocenters. The summed E-state index contributed by atoms with van der Waals surface area (Å²) >= 11 is 0. The molecule has 26 heavy (non-hydrogen) atoms. The highest BCUT2D eigenvalue weighted by atomic mass is 16.5. The first kappa shape index (κ1) is 17.4. The Balaban J connectivity index is 1.51. The number of rotatable bonds is 6. The number of carbonyl (C=O) groups is 1. The van der Waals surface area contributed by atoms with Crippen LogP contribution < -0.4 is 10.2 Å². The summed E-state index contributed by atoms with van der Waals surface area (Å²) in [4.78, 5) is 16.0. The molecule has 0 spiro atoms. The van der Waals surface area contributed by atoms with E-state index < -0.39 is 0 Å². The topological polar surface area (TPSA) is 63.6 Å². The number of hydrogen-bond acceptors (Lipinski definition) is 4. The number of pyridine rings is 1. The van der Waals surface area contributed by atoms with Crippen molar-refractivity contribution in [2.75, 3.05) is 0 Å². The van der Waals surface area contributed by atoms with Crippen molar-refractivity contribution >= 4 is 12.1 Å². The van der Waals surface area contributed by atoms with Crippen molar-refractivity contribution in [2.45, 2.75) is 13.5 Å². The Morgan fingerprint density at radius 2 is 1.85 bits per heavy atom. The van der Waals surface area contributed by atoms with Gasteiger partial charge >= 0.3 is 0 Å². The zero-order chi connectivity index (χ0) is 18.2. The Morgan fingerprint density at radius 3 is 2.54 bits per heavy atom. The first-order valence-electron chi connectivity index (χ1n) is 8.23. The summed E-state index contributed by atoms with van der Waals surface area (Å²) < 4.78 is 5.74. The van der Waals surface area contributed by atoms with Gasteiger partial charge in [-0.2, -0.15) is 5.10 Å². The van der Waals surface area contributed by atoms with Crippen LogP contribution in [0.1, 0.15) is 27.2 Å². The molecule has 0 aliphatic carbocycles. The second kappa shape index (κ2) is 8.58. The van der Waals surface area contributed by atoms with E-state index in [2.05, 4.69) is 15.5 Å². The number of aromatic nitrogens is 1. The minimum Gasteiger partial charge on any atom is -0.489 e. The van der Waals surface area contributed by atoms with E-state index in [4.69, 9.17) is 4.74 Å². The lowest BCUT2D eigenvalue weighted by atomic mass is 10.2. The van der Waals surface area contributed by atoms with Crippen molar-refractivity contribution in [3.05, 3.63) is 95.3 Å². The van der Waals surface area contributed by atoms with Gasteiger partial charge in [0.05, 0.1) is 11.8 Å². The first-order chi connectivity index (χ1) is 12.7. The van der Waals surface area contributed by atoms with Crippen molar-refractivity contribution in [1.82, 2.24) is 10.4 Å². The summed E-state index contributed by atoms with van der Waals surface area (Å²) in [5.41, 5.74) is 5.80. The fraction of sp³-hybridized carbons (Fsp3) is 0.0952. The maximum absolute atomic E-state index is 11.9. The van der Waals surface area contributed by atoms with Gasteiger partial charge in [0.15, 0.2) is 0 Å². The smallest absolute Gasteiger partial charge is 0.272 e. The predicted molar refractivity (Wildman–Crippen MR) is 101 cm³/mol. The number of ether oxygens (including phenoxy) is 1. The molecular weight excluding hydrogens is 326 g/mol. The molecule has 1 heterocycles. The van der Waals surface area contributed by atoms with Gasteiger partial charge in [-0.1, -0.05) is 30.3 Å². The minimum absolute atomic E-state index is 0.295. The van der Waals surface area contributed by atoms with E-state index in [-0.39, 0.29) is 5.91 Å². The van der Waals surface area contributed by atoms with Crippen LogP contribution in [0.2, 0.25) is 0 Å². The zero-order valence-corrected chi connectivity index (χ0v) is 14.4. The number of amides is 1. The summed E-state index contributed by atoms with van der Waals surface area (Å²) in [6.07, 6.45) is 3.11. The summed E-state index contributed by atoms with van der Waals surface area (Å²) in [7, 11) is 0. The molecule has 1 aromatic heterocycles. The molecule has 0 aliphatic heterocycles. The van der Waals surface area contributed by atoms with Crippen LogP contribution in [0.5, 0.6) is 5.75 Å². The molecule has 0 saturated carbocycles. The Labute approximate surface area is 152 Å². The van der Waals surface area contributed by atoms with Crippen LogP contribution in [0.3, 0.4) is 0 Å². The van der Waals surface area contributed by atoms with E-state index >= 15 is 0 Å². The number of benzene rings is 2.